The first kappa shape index (κ1) is 16.0. The molecule has 0 radical (unpaired) electrons. The van der Waals surface area contributed by atoms with E-state index < -0.39 is 0 Å². The zero-order valence-corrected chi connectivity index (χ0v) is 13.2. The first-order valence-electron chi connectivity index (χ1n) is 7.73. The van der Waals surface area contributed by atoms with Crippen LogP contribution in [0.1, 0.15) is 46.5 Å². The second-order valence-electron chi connectivity index (χ2n) is 6.62. The van der Waals surface area contributed by atoms with E-state index in [9.17, 15) is 9.59 Å². The molecule has 0 unspecified atom stereocenters. The van der Waals surface area contributed by atoms with Crippen LogP contribution in [0.2, 0.25) is 0 Å². The van der Waals surface area contributed by atoms with Crippen molar-refractivity contribution in [2.75, 3.05) is 13.2 Å². The fourth-order valence-corrected chi connectivity index (χ4v) is 3.02. The fraction of sp³-hybridized carbons (Fsp3) is 0.750. The van der Waals surface area contributed by atoms with Crippen molar-refractivity contribution in [1.29, 1.82) is 0 Å². The molecule has 5 nitrogen and oxygen atoms in total. The quantitative estimate of drug-likeness (QED) is 0.666. The van der Waals surface area contributed by atoms with Crippen LogP contribution in [-0.2, 0) is 14.3 Å². The molecule has 2 aliphatic rings. The highest BCUT2D eigenvalue weighted by Gasteiger charge is 2.35. The Labute approximate surface area is 126 Å². The second-order valence-corrected chi connectivity index (χ2v) is 6.62. The van der Waals surface area contributed by atoms with Gasteiger partial charge in [0.2, 0.25) is 11.8 Å². The van der Waals surface area contributed by atoms with Crippen LogP contribution in [0.15, 0.2) is 11.6 Å². The topological polar surface area (TPSA) is 67.4 Å². The summed E-state index contributed by atoms with van der Waals surface area (Å²) in [7, 11) is 0. The van der Waals surface area contributed by atoms with E-state index in [2.05, 4.69) is 37.5 Å². The Kier molecular flexibility index (Phi) is 5.04. The number of ether oxygens (including phenoxy) is 1. The molecule has 118 valence electrons. The van der Waals surface area contributed by atoms with E-state index in [1.165, 1.54) is 5.57 Å². The third kappa shape index (κ3) is 4.30. The summed E-state index contributed by atoms with van der Waals surface area (Å²) in [5, 5.41) is 6.20. The number of nitrogens with one attached hydrogen (secondary N) is 2. The molecule has 2 amide bonds. The third-order valence-corrected chi connectivity index (χ3v) is 4.56. The molecule has 21 heavy (non-hydrogen) atoms. The minimum atomic E-state index is -0.286. The van der Waals surface area contributed by atoms with Crippen molar-refractivity contribution in [1.82, 2.24) is 10.6 Å². The Balaban J connectivity index is 2.17. The van der Waals surface area contributed by atoms with E-state index in [0.717, 1.165) is 12.8 Å². The van der Waals surface area contributed by atoms with Crippen LogP contribution in [0, 0.1) is 5.92 Å². The number of hydrogen-bond acceptors (Lipinski definition) is 3. The maximum Gasteiger partial charge on any atom is 0.222 e. The summed E-state index contributed by atoms with van der Waals surface area (Å²) in [6.45, 7) is 6.90. The van der Waals surface area contributed by atoms with Crippen LogP contribution in [-0.4, -0.2) is 36.6 Å². The number of carbonyl (C=O) groups excluding carboxylic acids is 2. The molecule has 1 aliphatic carbocycles. The van der Waals surface area contributed by atoms with Gasteiger partial charge in [-0.3, -0.25) is 9.59 Å². The summed E-state index contributed by atoms with van der Waals surface area (Å²) in [6.07, 6.45) is 4.67. The average molecular weight is 294 g/mol. The number of allylic oxidation sites excluding steroid dienone is 1. The van der Waals surface area contributed by atoms with Gasteiger partial charge in [-0.25, -0.2) is 0 Å². The number of rotatable bonds is 0. The molecule has 1 aliphatic heterocycles. The molecular formula is C16H26N2O3. The number of amides is 2. The number of carbonyl (C=O) groups is 2. The predicted octanol–water partition coefficient (Wildman–Crippen LogP) is 1.53. The molecule has 1 heterocycles. The van der Waals surface area contributed by atoms with E-state index >= 15 is 0 Å². The predicted molar refractivity (Wildman–Crippen MR) is 80.7 cm³/mol. The molecule has 0 aromatic heterocycles. The second kappa shape index (κ2) is 6.60. The van der Waals surface area contributed by atoms with Crippen molar-refractivity contribution in [3.8, 4) is 0 Å². The van der Waals surface area contributed by atoms with Gasteiger partial charge in [0.1, 0.15) is 0 Å². The molecule has 0 saturated carbocycles. The van der Waals surface area contributed by atoms with Gasteiger partial charge in [0.15, 0.2) is 0 Å². The first-order chi connectivity index (χ1) is 9.88. The van der Waals surface area contributed by atoms with Crippen LogP contribution in [0.3, 0.4) is 0 Å². The van der Waals surface area contributed by atoms with Gasteiger partial charge in [-0.15, -0.1) is 0 Å². The Morgan fingerprint density at radius 2 is 1.86 bits per heavy atom. The first-order valence-corrected chi connectivity index (χ1v) is 7.73. The molecule has 0 aromatic carbocycles. The van der Waals surface area contributed by atoms with Crippen molar-refractivity contribution in [2.45, 2.75) is 58.0 Å². The van der Waals surface area contributed by atoms with Gasteiger partial charge in [0, 0.05) is 18.4 Å². The van der Waals surface area contributed by atoms with Gasteiger partial charge >= 0.3 is 0 Å². The molecule has 2 rings (SSSR count). The molecule has 5 heteroatoms. The third-order valence-electron chi connectivity index (χ3n) is 4.56. The SMILES string of the molecule is CC1=CC[C@@H]2C[C@H]1NC(=O)CCOCCC(=O)NC2(C)C. The van der Waals surface area contributed by atoms with Gasteiger partial charge in [-0.1, -0.05) is 11.6 Å². The van der Waals surface area contributed by atoms with Crippen molar-refractivity contribution < 1.29 is 14.3 Å². The van der Waals surface area contributed by atoms with E-state index in [1.54, 1.807) is 0 Å². The molecular weight excluding hydrogens is 268 g/mol. The fourth-order valence-electron chi connectivity index (χ4n) is 3.02. The van der Waals surface area contributed by atoms with Crippen LogP contribution in [0.4, 0.5) is 0 Å². The Morgan fingerprint density at radius 3 is 2.57 bits per heavy atom. The smallest absolute Gasteiger partial charge is 0.222 e. The van der Waals surface area contributed by atoms with Crippen molar-refractivity contribution in [3.63, 3.8) is 0 Å². The van der Waals surface area contributed by atoms with Crippen molar-refractivity contribution in [3.05, 3.63) is 11.6 Å². The molecule has 2 bridgehead atoms. The Hall–Kier alpha value is -1.36. The van der Waals surface area contributed by atoms with Crippen LogP contribution in [0.5, 0.6) is 0 Å². The summed E-state index contributed by atoms with van der Waals surface area (Å²) in [4.78, 5) is 24.0. The Bertz CT molecular complexity index is 443. The molecule has 1 saturated heterocycles. The minimum Gasteiger partial charge on any atom is -0.380 e. The van der Waals surface area contributed by atoms with Gasteiger partial charge in [-0.05, 0) is 39.5 Å². The lowest BCUT2D eigenvalue weighted by molar-refractivity contribution is -0.124. The normalized spacial score (nSPS) is 30.9. The monoisotopic (exact) mass is 294 g/mol. The molecule has 2 atom stereocenters. The number of hydrogen-bond donors (Lipinski definition) is 2. The van der Waals surface area contributed by atoms with Crippen LogP contribution >= 0.6 is 0 Å². The zero-order valence-electron chi connectivity index (χ0n) is 13.2. The lowest BCUT2D eigenvalue weighted by Gasteiger charge is -2.40. The number of fused-ring (bicyclic) bond motifs is 2. The lowest BCUT2D eigenvalue weighted by atomic mass is 9.75. The van der Waals surface area contributed by atoms with Gasteiger partial charge in [-0.2, -0.15) is 0 Å². The highest BCUT2D eigenvalue weighted by molar-refractivity contribution is 5.77. The molecule has 0 spiro atoms. The van der Waals surface area contributed by atoms with Crippen LogP contribution < -0.4 is 10.6 Å². The van der Waals surface area contributed by atoms with E-state index in [1.807, 2.05) is 0 Å². The highest BCUT2D eigenvalue weighted by atomic mass is 16.5. The van der Waals surface area contributed by atoms with Gasteiger partial charge in [0.05, 0.1) is 19.3 Å². The molecule has 2 N–H and O–H groups in total. The summed E-state index contributed by atoms with van der Waals surface area (Å²) >= 11 is 0. The van der Waals surface area contributed by atoms with Gasteiger partial charge < -0.3 is 15.4 Å². The van der Waals surface area contributed by atoms with E-state index in [4.69, 9.17) is 4.74 Å². The van der Waals surface area contributed by atoms with Crippen LogP contribution in [0.25, 0.3) is 0 Å². The van der Waals surface area contributed by atoms with Crippen molar-refractivity contribution in [2.24, 2.45) is 5.92 Å². The molecule has 1 fully saturated rings. The highest BCUT2D eigenvalue weighted by Crippen LogP contribution is 2.32. The summed E-state index contributed by atoms with van der Waals surface area (Å²) in [6, 6.07) is 0.0631. The largest absolute Gasteiger partial charge is 0.380 e. The molecule has 0 aromatic rings. The van der Waals surface area contributed by atoms with Crippen molar-refractivity contribution >= 4 is 11.8 Å². The average Bonchev–Trinajstić information content (AvgIpc) is 2.39. The Morgan fingerprint density at radius 1 is 1.19 bits per heavy atom. The summed E-state index contributed by atoms with van der Waals surface area (Å²) in [5.74, 6) is 0.350. The standard InChI is InChI=1S/C16H26N2O3/c1-11-4-5-12-10-13(11)17-14(19)6-8-21-9-7-15(20)18-16(12,2)3/h4,12-13H,5-10H2,1-3H3,(H,17,19)(H,18,20)/t12-,13-/m1/s1. The summed E-state index contributed by atoms with van der Waals surface area (Å²) in [5.41, 5.74) is 0.920. The maximum absolute atomic E-state index is 12.0. The van der Waals surface area contributed by atoms with E-state index in [0.29, 0.717) is 32.0 Å². The lowest BCUT2D eigenvalue weighted by Crippen LogP contribution is -2.52. The zero-order chi connectivity index (χ0) is 15.5. The minimum absolute atomic E-state index is 0.0151. The summed E-state index contributed by atoms with van der Waals surface area (Å²) < 4.78 is 5.36. The maximum atomic E-state index is 12.0. The van der Waals surface area contributed by atoms with E-state index in [-0.39, 0.29) is 23.4 Å². The van der Waals surface area contributed by atoms with Gasteiger partial charge in [0.25, 0.3) is 0 Å².